The SMILES string of the molecule is CCCC1(CNC(=O)c2ccncc2NC)CC1. The molecule has 1 aliphatic carbocycles. The van der Waals surface area contributed by atoms with Crippen LogP contribution in [-0.4, -0.2) is 24.5 Å². The van der Waals surface area contributed by atoms with E-state index in [0.29, 0.717) is 11.0 Å². The lowest BCUT2D eigenvalue weighted by atomic mass is 10.0. The normalized spacial score (nSPS) is 16.1. The Bertz CT molecular complexity index is 427. The van der Waals surface area contributed by atoms with Crippen molar-refractivity contribution in [1.82, 2.24) is 10.3 Å². The summed E-state index contributed by atoms with van der Waals surface area (Å²) in [5, 5.41) is 6.05. The molecule has 4 heteroatoms. The highest BCUT2D eigenvalue weighted by Crippen LogP contribution is 2.48. The van der Waals surface area contributed by atoms with Crippen LogP contribution in [0.1, 0.15) is 43.0 Å². The van der Waals surface area contributed by atoms with Crippen molar-refractivity contribution in [3.63, 3.8) is 0 Å². The van der Waals surface area contributed by atoms with Gasteiger partial charge in [0.1, 0.15) is 0 Å². The second kappa shape index (κ2) is 5.38. The fourth-order valence-corrected chi connectivity index (χ4v) is 2.38. The van der Waals surface area contributed by atoms with E-state index >= 15 is 0 Å². The van der Waals surface area contributed by atoms with Gasteiger partial charge < -0.3 is 10.6 Å². The average Bonchev–Trinajstić information content (AvgIpc) is 3.16. The molecule has 1 fully saturated rings. The summed E-state index contributed by atoms with van der Waals surface area (Å²) in [5.41, 5.74) is 1.83. The fourth-order valence-electron chi connectivity index (χ4n) is 2.38. The Morgan fingerprint density at radius 2 is 2.28 bits per heavy atom. The first-order chi connectivity index (χ1) is 8.71. The van der Waals surface area contributed by atoms with Gasteiger partial charge in [-0.1, -0.05) is 13.3 Å². The molecular weight excluding hydrogens is 226 g/mol. The summed E-state index contributed by atoms with van der Waals surface area (Å²) in [4.78, 5) is 16.1. The van der Waals surface area contributed by atoms with Gasteiger partial charge >= 0.3 is 0 Å². The number of rotatable bonds is 6. The minimum atomic E-state index is -0.0101. The van der Waals surface area contributed by atoms with E-state index in [2.05, 4.69) is 22.5 Å². The molecule has 0 unspecified atom stereocenters. The predicted molar refractivity (Wildman–Crippen MR) is 72.7 cm³/mol. The molecule has 1 aliphatic rings. The van der Waals surface area contributed by atoms with Gasteiger partial charge in [0.15, 0.2) is 0 Å². The monoisotopic (exact) mass is 247 g/mol. The lowest BCUT2D eigenvalue weighted by Crippen LogP contribution is -2.30. The van der Waals surface area contributed by atoms with Crippen LogP contribution in [0.25, 0.3) is 0 Å². The number of nitrogens with zero attached hydrogens (tertiary/aromatic N) is 1. The molecule has 98 valence electrons. The summed E-state index contributed by atoms with van der Waals surface area (Å²) < 4.78 is 0. The van der Waals surface area contributed by atoms with Crippen LogP contribution in [0.5, 0.6) is 0 Å². The van der Waals surface area contributed by atoms with Crippen LogP contribution in [-0.2, 0) is 0 Å². The third-order valence-corrected chi connectivity index (χ3v) is 3.70. The van der Waals surface area contributed by atoms with Gasteiger partial charge in [-0.25, -0.2) is 0 Å². The lowest BCUT2D eigenvalue weighted by molar-refractivity contribution is 0.0944. The standard InChI is InChI=1S/C14H21N3O/c1-3-5-14(6-7-14)10-17-13(18)11-4-8-16-9-12(11)15-2/h4,8-9,15H,3,5-7,10H2,1-2H3,(H,17,18). The van der Waals surface area contributed by atoms with E-state index in [1.165, 1.54) is 25.7 Å². The zero-order valence-corrected chi connectivity index (χ0v) is 11.1. The van der Waals surface area contributed by atoms with Gasteiger partial charge in [0, 0.05) is 19.8 Å². The van der Waals surface area contributed by atoms with E-state index < -0.39 is 0 Å². The summed E-state index contributed by atoms with van der Waals surface area (Å²) in [6.07, 6.45) is 8.21. The summed E-state index contributed by atoms with van der Waals surface area (Å²) >= 11 is 0. The molecule has 0 aliphatic heterocycles. The Morgan fingerprint density at radius 1 is 1.50 bits per heavy atom. The number of pyridine rings is 1. The summed E-state index contributed by atoms with van der Waals surface area (Å²) in [5.74, 6) is -0.0101. The van der Waals surface area contributed by atoms with E-state index in [0.717, 1.165) is 12.2 Å². The highest BCUT2D eigenvalue weighted by molar-refractivity contribution is 5.99. The summed E-state index contributed by atoms with van der Waals surface area (Å²) in [6.45, 7) is 3.00. The zero-order chi connectivity index (χ0) is 13.0. The lowest BCUT2D eigenvalue weighted by Gasteiger charge is -2.15. The van der Waals surface area contributed by atoms with Crippen LogP contribution in [0.3, 0.4) is 0 Å². The van der Waals surface area contributed by atoms with Gasteiger partial charge in [0.05, 0.1) is 17.4 Å². The number of aromatic nitrogens is 1. The van der Waals surface area contributed by atoms with E-state index in [-0.39, 0.29) is 5.91 Å². The maximum Gasteiger partial charge on any atom is 0.253 e. The quantitative estimate of drug-likeness (QED) is 0.811. The van der Waals surface area contributed by atoms with Gasteiger partial charge in [0.2, 0.25) is 0 Å². The Morgan fingerprint density at radius 3 is 2.89 bits per heavy atom. The average molecular weight is 247 g/mol. The second-order valence-corrected chi connectivity index (χ2v) is 5.10. The smallest absolute Gasteiger partial charge is 0.253 e. The van der Waals surface area contributed by atoms with E-state index in [9.17, 15) is 4.79 Å². The van der Waals surface area contributed by atoms with Crippen LogP contribution in [0.15, 0.2) is 18.5 Å². The van der Waals surface area contributed by atoms with Gasteiger partial charge in [-0.3, -0.25) is 9.78 Å². The number of hydrogen-bond donors (Lipinski definition) is 2. The highest BCUT2D eigenvalue weighted by Gasteiger charge is 2.41. The molecule has 0 bridgehead atoms. The molecule has 1 aromatic rings. The number of amides is 1. The Hall–Kier alpha value is -1.58. The molecule has 2 rings (SSSR count). The molecule has 1 saturated carbocycles. The molecule has 18 heavy (non-hydrogen) atoms. The maximum absolute atomic E-state index is 12.1. The number of nitrogens with one attached hydrogen (secondary N) is 2. The Balaban J connectivity index is 1.96. The molecule has 1 amide bonds. The van der Waals surface area contributed by atoms with Gasteiger partial charge in [-0.2, -0.15) is 0 Å². The molecule has 1 heterocycles. The Kier molecular flexibility index (Phi) is 3.84. The molecule has 0 atom stereocenters. The molecule has 0 radical (unpaired) electrons. The second-order valence-electron chi connectivity index (χ2n) is 5.10. The minimum absolute atomic E-state index is 0.0101. The summed E-state index contributed by atoms with van der Waals surface area (Å²) in [7, 11) is 1.80. The van der Waals surface area contributed by atoms with Gasteiger partial charge in [-0.05, 0) is 30.7 Å². The third kappa shape index (κ3) is 2.81. The molecule has 4 nitrogen and oxygen atoms in total. The van der Waals surface area contributed by atoms with Gasteiger partial charge in [-0.15, -0.1) is 0 Å². The van der Waals surface area contributed by atoms with Crippen LogP contribution in [0.2, 0.25) is 0 Å². The van der Waals surface area contributed by atoms with Crippen molar-refractivity contribution in [2.75, 3.05) is 18.9 Å². The van der Waals surface area contributed by atoms with Crippen molar-refractivity contribution in [3.05, 3.63) is 24.0 Å². The third-order valence-electron chi connectivity index (χ3n) is 3.70. The van der Waals surface area contributed by atoms with Crippen LogP contribution in [0.4, 0.5) is 5.69 Å². The maximum atomic E-state index is 12.1. The number of hydrogen-bond acceptors (Lipinski definition) is 3. The predicted octanol–water partition coefficient (Wildman–Crippen LogP) is 2.43. The van der Waals surface area contributed by atoms with Crippen molar-refractivity contribution < 1.29 is 4.79 Å². The first kappa shape index (κ1) is 12.9. The van der Waals surface area contributed by atoms with Crippen molar-refractivity contribution in [2.24, 2.45) is 5.41 Å². The van der Waals surface area contributed by atoms with Crippen molar-refractivity contribution in [1.29, 1.82) is 0 Å². The van der Waals surface area contributed by atoms with E-state index in [1.54, 1.807) is 25.5 Å². The fraction of sp³-hybridized carbons (Fsp3) is 0.571. The molecule has 0 saturated heterocycles. The molecule has 0 spiro atoms. The summed E-state index contributed by atoms with van der Waals surface area (Å²) in [6, 6.07) is 1.75. The van der Waals surface area contributed by atoms with Crippen molar-refractivity contribution in [2.45, 2.75) is 32.6 Å². The van der Waals surface area contributed by atoms with E-state index in [4.69, 9.17) is 0 Å². The van der Waals surface area contributed by atoms with E-state index in [1.807, 2.05) is 0 Å². The number of carbonyl (C=O) groups excluding carboxylic acids is 1. The molecule has 2 N–H and O–H groups in total. The van der Waals surface area contributed by atoms with Crippen LogP contribution in [0, 0.1) is 5.41 Å². The topological polar surface area (TPSA) is 54.0 Å². The number of carbonyl (C=O) groups is 1. The van der Waals surface area contributed by atoms with Crippen LogP contribution < -0.4 is 10.6 Å². The number of anilines is 1. The highest BCUT2D eigenvalue weighted by atomic mass is 16.1. The minimum Gasteiger partial charge on any atom is -0.386 e. The Labute approximate surface area is 108 Å². The largest absolute Gasteiger partial charge is 0.386 e. The van der Waals surface area contributed by atoms with Crippen molar-refractivity contribution >= 4 is 11.6 Å². The molecule has 0 aromatic carbocycles. The zero-order valence-electron chi connectivity index (χ0n) is 11.1. The molecule has 1 aromatic heterocycles. The van der Waals surface area contributed by atoms with Crippen molar-refractivity contribution in [3.8, 4) is 0 Å². The first-order valence-corrected chi connectivity index (χ1v) is 6.61. The molecular formula is C14H21N3O. The first-order valence-electron chi connectivity index (χ1n) is 6.61. The van der Waals surface area contributed by atoms with Gasteiger partial charge in [0.25, 0.3) is 5.91 Å². The van der Waals surface area contributed by atoms with Crippen LogP contribution >= 0.6 is 0 Å².